The Morgan fingerprint density at radius 2 is 1.66 bits per heavy atom. The minimum Gasteiger partial charge on any atom is -0.383 e. The van der Waals surface area contributed by atoms with Crippen LogP contribution in [0.3, 0.4) is 0 Å². The topological polar surface area (TPSA) is 81.7 Å². The second-order valence-corrected chi connectivity index (χ2v) is 6.66. The molecule has 9 heteroatoms. The van der Waals surface area contributed by atoms with Crippen molar-refractivity contribution in [2.45, 2.75) is 20.0 Å². The van der Waals surface area contributed by atoms with Gasteiger partial charge in [-0.25, -0.2) is 4.98 Å². The number of nitrogens with two attached hydrogens (primary N) is 1. The summed E-state index contributed by atoms with van der Waals surface area (Å²) >= 11 is 0. The van der Waals surface area contributed by atoms with E-state index in [1.165, 1.54) is 12.1 Å². The number of aromatic nitrogens is 4. The fraction of sp³-hybridized carbons (Fsp3) is 0.150. The number of benzene rings is 2. The zero-order chi connectivity index (χ0) is 20.8. The maximum atomic E-state index is 12.7. The van der Waals surface area contributed by atoms with Gasteiger partial charge in [0.05, 0.1) is 16.6 Å². The fourth-order valence-electron chi connectivity index (χ4n) is 3.09. The molecule has 2 aromatic carbocycles. The molecule has 0 atom stereocenters. The first-order valence-electron chi connectivity index (χ1n) is 8.75. The molecule has 0 saturated heterocycles. The lowest BCUT2D eigenvalue weighted by molar-refractivity contribution is -0.137. The van der Waals surface area contributed by atoms with Crippen LogP contribution in [0.4, 0.5) is 30.6 Å². The smallest absolute Gasteiger partial charge is 0.383 e. The number of aryl methyl sites for hydroxylation is 2. The molecule has 0 unspecified atom stereocenters. The first kappa shape index (κ1) is 18.7. The lowest BCUT2D eigenvalue weighted by Gasteiger charge is -2.11. The molecule has 0 aliphatic rings. The number of halogens is 3. The van der Waals surface area contributed by atoms with Gasteiger partial charge in [-0.2, -0.15) is 23.1 Å². The number of fused-ring (bicyclic) bond motifs is 1. The number of nitrogens with one attached hydrogen (secondary N) is 1. The molecule has 2 heterocycles. The predicted octanol–water partition coefficient (Wildman–Crippen LogP) is 4.78. The van der Waals surface area contributed by atoms with Crippen molar-refractivity contribution in [3.63, 3.8) is 0 Å². The zero-order valence-electron chi connectivity index (χ0n) is 15.6. The fourth-order valence-corrected chi connectivity index (χ4v) is 3.09. The molecule has 0 aliphatic carbocycles. The number of alkyl halides is 3. The second-order valence-electron chi connectivity index (χ2n) is 6.66. The number of hydrogen-bond acceptors (Lipinski definition) is 5. The highest BCUT2D eigenvalue weighted by atomic mass is 19.4. The first-order valence-corrected chi connectivity index (χ1v) is 8.75. The molecule has 0 spiro atoms. The van der Waals surface area contributed by atoms with Crippen molar-refractivity contribution >= 4 is 28.5 Å². The van der Waals surface area contributed by atoms with E-state index < -0.39 is 11.7 Å². The molecule has 0 saturated carbocycles. The molecule has 0 amide bonds. The van der Waals surface area contributed by atoms with Crippen molar-refractivity contribution in [1.29, 1.82) is 0 Å². The third kappa shape index (κ3) is 3.71. The van der Waals surface area contributed by atoms with Crippen molar-refractivity contribution in [3.8, 4) is 5.82 Å². The van der Waals surface area contributed by atoms with Crippen LogP contribution in [0, 0.1) is 13.8 Å². The molecule has 148 valence electrons. The van der Waals surface area contributed by atoms with Crippen molar-refractivity contribution in [3.05, 3.63) is 65.5 Å². The molecule has 0 aliphatic heterocycles. The summed E-state index contributed by atoms with van der Waals surface area (Å²) in [5.74, 6) is 1.63. The molecule has 0 radical (unpaired) electrons. The van der Waals surface area contributed by atoms with Crippen molar-refractivity contribution in [1.82, 2.24) is 19.5 Å². The normalized spacial score (nSPS) is 11.8. The van der Waals surface area contributed by atoms with Gasteiger partial charge in [0, 0.05) is 11.8 Å². The standard InChI is InChI=1S/C20H17F3N6/c1-11-3-8-15-16(9-11)29(12(2)25-15)18-10-17(24)27-19(28-18)26-14-6-4-13(5-7-14)20(21,22)23/h3-10H,1-2H3,(H3,24,26,27,28). The largest absolute Gasteiger partial charge is 0.416 e. The van der Waals surface area contributed by atoms with Gasteiger partial charge in [0.2, 0.25) is 5.95 Å². The molecule has 3 N–H and O–H groups in total. The van der Waals surface area contributed by atoms with Crippen LogP contribution in [0.25, 0.3) is 16.9 Å². The van der Waals surface area contributed by atoms with Gasteiger partial charge in [-0.15, -0.1) is 0 Å². The first-order chi connectivity index (χ1) is 13.7. The summed E-state index contributed by atoms with van der Waals surface area (Å²) in [6.07, 6.45) is -4.39. The van der Waals surface area contributed by atoms with E-state index in [2.05, 4.69) is 20.3 Å². The van der Waals surface area contributed by atoms with E-state index in [9.17, 15) is 13.2 Å². The van der Waals surface area contributed by atoms with E-state index in [0.29, 0.717) is 11.5 Å². The molecule has 29 heavy (non-hydrogen) atoms. The van der Waals surface area contributed by atoms with Crippen LogP contribution < -0.4 is 11.1 Å². The van der Waals surface area contributed by atoms with Crippen LogP contribution in [-0.2, 0) is 6.18 Å². The number of nitrogens with zero attached hydrogens (tertiary/aromatic N) is 4. The third-order valence-corrected chi connectivity index (χ3v) is 4.41. The Morgan fingerprint density at radius 1 is 0.931 bits per heavy atom. The number of imidazole rings is 1. The summed E-state index contributed by atoms with van der Waals surface area (Å²) < 4.78 is 40.1. The maximum absolute atomic E-state index is 12.7. The van der Waals surface area contributed by atoms with E-state index in [0.717, 1.165) is 34.6 Å². The van der Waals surface area contributed by atoms with Crippen LogP contribution in [0.2, 0.25) is 0 Å². The Bertz CT molecular complexity index is 1200. The van der Waals surface area contributed by atoms with Gasteiger partial charge in [0.15, 0.2) is 0 Å². The van der Waals surface area contributed by atoms with Gasteiger partial charge in [0.25, 0.3) is 0 Å². The minimum atomic E-state index is -4.39. The highest BCUT2D eigenvalue weighted by molar-refractivity contribution is 5.79. The lowest BCUT2D eigenvalue weighted by atomic mass is 10.2. The molecule has 4 rings (SSSR count). The zero-order valence-corrected chi connectivity index (χ0v) is 15.6. The van der Waals surface area contributed by atoms with E-state index >= 15 is 0 Å². The van der Waals surface area contributed by atoms with Gasteiger partial charge in [-0.3, -0.25) is 4.57 Å². The lowest BCUT2D eigenvalue weighted by Crippen LogP contribution is -2.07. The Kier molecular flexibility index (Phi) is 4.37. The van der Waals surface area contributed by atoms with Crippen LogP contribution >= 0.6 is 0 Å². The summed E-state index contributed by atoms with van der Waals surface area (Å²) in [4.78, 5) is 13.2. The summed E-state index contributed by atoms with van der Waals surface area (Å²) in [5, 5.41) is 2.90. The molecule has 0 bridgehead atoms. The molecular formula is C20H17F3N6. The van der Waals surface area contributed by atoms with Gasteiger partial charge >= 0.3 is 6.18 Å². The highest BCUT2D eigenvalue weighted by Gasteiger charge is 2.30. The van der Waals surface area contributed by atoms with Crippen LogP contribution in [0.15, 0.2) is 48.5 Å². The highest BCUT2D eigenvalue weighted by Crippen LogP contribution is 2.30. The van der Waals surface area contributed by atoms with E-state index in [1.807, 2.05) is 36.6 Å². The maximum Gasteiger partial charge on any atom is 0.416 e. The summed E-state index contributed by atoms with van der Waals surface area (Å²) in [6, 6.07) is 12.1. The van der Waals surface area contributed by atoms with Crippen molar-refractivity contribution in [2.75, 3.05) is 11.1 Å². The quantitative estimate of drug-likeness (QED) is 0.519. The van der Waals surface area contributed by atoms with Gasteiger partial charge < -0.3 is 11.1 Å². The SMILES string of the molecule is Cc1ccc2nc(C)n(-c3cc(N)nc(Nc4ccc(C(F)(F)F)cc4)n3)c2c1. The Balaban J connectivity index is 1.72. The van der Waals surface area contributed by atoms with E-state index in [-0.39, 0.29) is 11.8 Å². The average Bonchev–Trinajstić information content (AvgIpc) is 2.96. The Labute approximate surface area is 164 Å². The van der Waals surface area contributed by atoms with Gasteiger partial charge in [-0.05, 0) is 55.8 Å². The van der Waals surface area contributed by atoms with E-state index in [4.69, 9.17) is 5.73 Å². The predicted molar refractivity (Wildman–Crippen MR) is 105 cm³/mol. The van der Waals surface area contributed by atoms with Crippen LogP contribution in [-0.4, -0.2) is 19.5 Å². The number of anilines is 3. The number of nitrogen functional groups attached to an aromatic ring is 1. The van der Waals surface area contributed by atoms with Gasteiger partial charge in [-0.1, -0.05) is 6.07 Å². The third-order valence-electron chi connectivity index (χ3n) is 4.41. The van der Waals surface area contributed by atoms with E-state index in [1.54, 1.807) is 6.07 Å². The minimum absolute atomic E-state index is 0.175. The van der Waals surface area contributed by atoms with Crippen molar-refractivity contribution < 1.29 is 13.2 Å². The Morgan fingerprint density at radius 3 is 2.34 bits per heavy atom. The Hall–Kier alpha value is -3.62. The van der Waals surface area contributed by atoms with Crippen molar-refractivity contribution in [2.24, 2.45) is 0 Å². The second kappa shape index (κ2) is 6.77. The van der Waals surface area contributed by atoms with Gasteiger partial charge in [0.1, 0.15) is 17.5 Å². The molecule has 0 fully saturated rings. The summed E-state index contributed by atoms with van der Waals surface area (Å²) in [5.41, 5.74) is 8.41. The monoisotopic (exact) mass is 398 g/mol. The van der Waals surface area contributed by atoms with Crippen LogP contribution in [0.5, 0.6) is 0 Å². The number of hydrogen-bond donors (Lipinski definition) is 2. The number of rotatable bonds is 3. The molecule has 6 nitrogen and oxygen atoms in total. The molecule has 4 aromatic rings. The molecule has 2 aromatic heterocycles. The summed E-state index contributed by atoms with van der Waals surface area (Å²) in [7, 11) is 0. The average molecular weight is 398 g/mol. The van der Waals surface area contributed by atoms with Crippen LogP contribution in [0.1, 0.15) is 17.0 Å². The summed E-state index contributed by atoms with van der Waals surface area (Å²) in [6.45, 7) is 3.84. The molecular weight excluding hydrogens is 381 g/mol.